The zero-order valence-electron chi connectivity index (χ0n) is 11.9. The van der Waals surface area contributed by atoms with Crippen molar-refractivity contribution in [1.29, 1.82) is 0 Å². The number of aryl methyl sites for hydroxylation is 1. The predicted octanol–water partition coefficient (Wildman–Crippen LogP) is 4.91. The minimum atomic E-state index is 0.117. The quantitative estimate of drug-likeness (QED) is 0.822. The van der Waals surface area contributed by atoms with E-state index in [0.717, 1.165) is 28.6 Å². The van der Waals surface area contributed by atoms with Gasteiger partial charge in [0, 0.05) is 16.1 Å². The van der Waals surface area contributed by atoms with E-state index in [1.807, 2.05) is 25.1 Å². The molecule has 1 N–H and O–H groups in total. The molecule has 0 aliphatic heterocycles. The van der Waals surface area contributed by atoms with Crippen LogP contribution in [0.25, 0.3) is 0 Å². The summed E-state index contributed by atoms with van der Waals surface area (Å²) in [6.45, 7) is 6.45. The fourth-order valence-electron chi connectivity index (χ4n) is 2.97. The third-order valence-corrected chi connectivity index (χ3v) is 4.76. The van der Waals surface area contributed by atoms with Gasteiger partial charge in [-0.3, -0.25) is 4.79 Å². The van der Waals surface area contributed by atoms with Gasteiger partial charge in [-0.15, -0.1) is 0 Å². The molecule has 1 saturated carbocycles. The average molecular weight is 324 g/mol. The first-order valence-electron chi connectivity index (χ1n) is 6.97. The topological polar surface area (TPSA) is 29.1 Å². The van der Waals surface area contributed by atoms with Crippen molar-refractivity contribution in [2.24, 2.45) is 11.3 Å². The lowest BCUT2D eigenvalue weighted by molar-refractivity contribution is -0.124. The van der Waals surface area contributed by atoms with Crippen LogP contribution >= 0.6 is 15.9 Å². The Morgan fingerprint density at radius 1 is 1.37 bits per heavy atom. The Hall–Kier alpha value is -0.830. The van der Waals surface area contributed by atoms with Crippen LogP contribution in [-0.2, 0) is 4.79 Å². The van der Waals surface area contributed by atoms with Crippen LogP contribution in [0.4, 0.5) is 5.69 Å². The fraction of sp³-hybridized carbons (Fsp3) is 0.562. The van der Waals surface area contributed by atoms with E-state index in [0.29, 0.717) is 0 Å². The largest absolute Gasteiger partial charge is 0.326 e. The maximum Gasteiger partial charge on any atom is 0.228 e. The van der Waals surface area contributed by atoms with E-state index in [1.54, 1.807) is 0 Å². The molecular weight excluding hydrogens is 302 g/mol. The molecule has 0 saturated heterocycles. The number of hydrogen-bond acceptors (Lipinski definition) is 1. The van der Waals surface area contributed by atoms with Gasteiger partial charge >= 0.3 is 0 Å². The molecule has 1 aromatic rings. The Balaban J connectivity index is 2.12. The normalized spacial score (nSPS) is 22.0. The Bertz CT molecular complexity index is 482. The number of rotatable bonds is 2. The van der Waals surface area contributed by atoms with Gasteiger partial charge in [0.2, 0.25) is 5.91 Å². The van der Waals surface area contributed by atoms with Crippen molar-refractivity contribution in [1.82, 2.24) is 0 Å². The number of amides is 1. The standard InChI is InChI=1S/C16H22BrNO/c1-11-10-12(17)7-8-14(11)18-15(19)13-6-4-5-9-16(13,2)3/h7-8,10,13H,4-6,9H2,1-3H3,(H,18,19). The molecule has 1 unspecified atom stereocenters. The minimum Gasteiger partial charge on any atom is -0.326 e. The van der Waals surface area contributed by atoms with Crippen LogP contribution in [0.3, 0.4) is 0 Å². The first-order valence-corrected chi connectivity index (χ1v) is 7.76. The Morgan fingerprint density at radius 2 is 2.11 bits per heavy atom. The molecule has 2 rings (SSSR count). The van der Waals surface area contributed by atoms with E-state index < -0.39 is 0 Å². The number of hydrogen-bond donors (Lipinski definition) is 1. The SMILES string of the molecule is Cc1cc(Br)ccc1NC(=O)C1CCCCC1(C)C. The Kier molecular flexibility index (Phi) is 4.34. The number of nitrogens with one attached hydrogen (secondary N) is 1. The van der Waals surface area contributed by atoms with Crippen LogP contribution in [0.15, 0.2) is 22.7 Å². The molecule has 1 fully saturated rings. The van der Waals surface area contributed by atoms with Crippen LogP contribution in [0, 0.1) is 18.3 Å². The number of carbonyl (C=O) groups excluding carboxylic acids is 1. The molecule has 0 spiro atoms. The average Bonchev–Trinajstić information content (AvgIpc) is 2.32. The Labute approximate surface area is 124 Å². The lowest BCUT2D eigenvalue weighted by Gasteiger charge is -2.37. The van der Waals surface area contributed by atoms with E-state index in [1.165, 1.54) is 12.8 Å². The molecule has 1 aliphatic rings. The molecule has 104 valence electrons. The first kappa shape index (κ1) is 14.6. The summed E-state index contributed by atoms with van der Waals surface area (Å²) in [7, 11) is 0. The first-order chi connectivity index (χ1) is 8.90. The van der Waals surface area contributed by atoms with Gasteiger partial charge in [0.05, 0.1) is 0 Å². The van der Waals surface area contributed by atoms with E-state index in [9.17, 15) is 4.79 Å². The predicted molar refractivity (Wildman–Crippen MR) is 83.2 cm³/mol. The molecule has 3 heteroatoms. The zero-order valence-corrected chi connectivity index (χ0v) is 13.5. The van der Waals surface area contributed by atoms with Gasteiger partial charge in [-0.05, 0) is 48.9 Å². The Morgan fingerprint density at radius 3 is 2.74 bits per heavy atom. The highest BCUT2D eigenvalue weighted by Crippen LogP contribution is 2.41. The van der Waals surface area contributed by atoms with Crippen LogP contribution in [0.5, 0.6) is 0 Å². The van der Waals surface area contributed by atoms with Gasteiger partial charge < -0.3 is 5.32 Å². The lowest BCUT2D eigenvalue weighted by Crippen LogP contribution is -2.37. The highest BCUT2D eigenvalue weighted by atomic mass is 79.9. The molecule has 1 atom stereocenters. The molecule has 2 nitrogen and oxygen atoms in total. The highest BCUT2D eigenvalue weighted by molar-refractivity contribution is 9.10. The van der Waals surface area contributed by atoms with E-state index in [-0.39, 0.29) is 17.2 Å². The number of benzene rings is 1. The van der Waals surface area contributed by atoms with E-state index in [4.69, 9.17) is 0 Å². The monoisotopic (exact) mass is 323 g/mol. The second-order valence-electron chi connectivity index (χ2n) is 6.24. The lowest BCUT2D eigenvalue weighted by atomic mass is 9.68. The van der Waals surface area contributed by atoms with Gasteiger partial charge in [-0.1, -0.05) is 42.6 Å². The van der Waals surface area contributed by atoms with Crippen LogP contribution in [0.2, 0.25) is 0 Å². The van der Waals surface area contributed by atoms with Crippen molar-refractivity contribution in [3.05, 3.63) is 28.2 Å². The van der Waals surface area contributed by atoms with Gasteiger partial charge in [0.1, 0.15) is 0 Å². The molecular formula is C16H22BrNO. The molecule has 0 heterocycles. The van der Waals surface area contributed by atoms with E-state index in [2.05, 4.69) is 35.1 Å². The minimum absolute atomic E-state index is 0.117. The summed E-state index contributed by atoms with van der Waals surface area (Å²) in [6.07, 6.45) is 4.56. The van der Waals surface area contributed by atoms with Crippen LogP contribution < -0.4 is 5.32 Å². The number of anilines is 1. The maximum atomic E-state index is 12.5. The third kappa shape index (κ3) is 3.38. The van der Waals surface area contributed by atoms with Crippen molar-refractivity contribution < 1.29 is 4.79 Å². The van der Waals surface area contributed by atoms with Gasteiger partial charge in [0.15, 0.2) is 0 Å². The summed E-state index contributed by atoms with van der Waals surface area (Å²) in [5, 5.41) is 3.10. The number of halogens is 1. The zero-order chi connectivity index (χ0) is 14.0. The van der Waals surface area contributed by atoms with Crippen molar-refractivity contribution in [2.75, 3.05) is 5.32 Å². The summed E-state index contributed by atoms with van der Waals surface area (Å²) in [6, 6.07) is 5.96. The maximum absolute atomic E-state index is 12.5. The molecule has 0 aromatic heterocycles. The van der Waals surface area contributed by atoms with Crippen molar-refractivity contribution in [3.63, 3.8) is 0 Å². The molecule has 19 heavy (non-hydrogen) atoms. The van der Waals surface area contributed by atoms with Crippen LogP contribution in [0.1, 0.15) is 45.1 Å². The summed E-state index contributed by atoms with van der Waals surface area (Å²) in [5.74, 6) is 0.305. The second kappa shape index (κ2) is 5.66. The van der Waals surface area contributed by atoms with Gasteiger partial charge in [0.25, 0.3) is 0 Å². The van der Waals surface area contributed by atoms with Gasteiger partial charge in [-0.2, -0.15) is 0 Å². The molecule has 0 radical (unpaired) electrons. The number of carbonyl (C=O) groups is 1. The van der Waals surface area contributed by atoms with Crippen LogP contribution in [-0.4, -0.2) is 5.91 Å². The highest BCUT2D eigenvalue weighted by Gasteiger charge is 2.37. The van der Waals surface area contributed by atoms with E-state index >= 15 is 0 Å². The smallest absolute Gasteiger partial charge is 0.228 e. The molecule has 1 aromatic carbocycles. The summed E-state index contributed by atoms with van der Waals surface area (Å²) in [5.41, 5.74) is 2.14. The van der Waals surface area contributed by atoms with Gasteiger partial charge in [-0.25, -0.2) is 0 Å². The summed E-state index contributed by atoms with van der Waals surface area (Å²) in [4.78, 5) is 12.5. The summed E-state index contributed by atoms with van der Waals surface area (Å²) < 4.78 is 1.04. The fourth-order valence-corrected chi connectivity index (χ4v) is 3.44. The second-order valence-corrected chi connectivity index (χ2v) is 7.15. The molecule has 0 bridgehead atoms. The molecule has 1 amide bonds. The summed E-state index contributed by atoms with van der Waals surface area (Å²) >= 11 is 3.44. The van der Waals surface area contributed by atoms with Crippen molar-refractivity contribution in [2.45, 2.75) is 46.5 Å². The van der Waals surface area contributed by atoms with Crippen molar-refractivity contribution >= 4 is 27.5 Å². The third-order valence-electron chi connectivity index (χ3n) is 4.27. The van der Waals surface area contributed by atoms with Crippen molar-refractivity contribution in [3.8, 4) is 0 Å². The molecule has 1 aliphatic carbocycles.